The largest absolute Gasteiger partial charge is 0.492 e. The smallest absolute Gasteiger partial charge is 0.224 e. The Morgan fingerprint density at radius 2 is 1.76 bits per heavy atom. The molecule has 0 heterocycles. The van der Waals surface area contributed by atoms with E-state index in [9.17, 15) is 4.79 Å². The molecular formula is C17H20N2O2. The van der Waals surface area contributed by atoms with Gasteiger partial charge in [0.1, 0.15) is 12.4 Å². The molecule has 0 radical (unpaired) electrons. The number of aryl methyl sites for hydroxylation is 1. The normalized spacial score (nSPS) is 10.1. The van der Waals surface area contributed by atoms with Gasteiger partial charge in [0.05, 0.1) is 0 Å². The quantitative estimate of drug-likeness (QED) is 0.821. The Labute approximate surface area is 124 Å². The molecule has 1 amide bonds. The molecule has 0 unspecified atom stereocenters. The number of nitrogens with one attached hydrogen (secondary N) is 1. The summed E-state index contributed by atoms with van der Waals surface area (Å²) >= 11 is 0. The number of hydrogen-bond donors (Lipinski definition) is 2. The number of carbonyl (C=O) groups excluding carboxylic acids is 1. The van der Waals surface area contributed by atoms with Crippen LogP contribution in [0.5, 0.6) is 5.75 Å². The minimum absolute atomic E-state index is 0.00878. The van der Waals surface area contributed by atoms with Gasteiger partial charge < -0.3 is 15.8 Å². The van der Waals surface area contributed by atoms with Crippen molar-refractivity contribution in [1.82, 2.24) is 0 Å². The summed E-state index contributed by atoms with van der Waals surface area (Å²) in [4.78, 5) is 11.9. The first kappa shape index (κ1) is 15.1. The van der Waals surface area contributed by atoms with Gasteiger partial charge in [-0.25, -0.2) is 0 Å². The summed E-state index contributed by atoms with van der Waals surface area (Å²) in [7, 11) is 0. The summed E-state index contributed by atoms with van der Waals surface area (Å²) in [6.07, 6.45) is 1.21. The standard InChI is InChI=1S/C17H20N2O2/c18-12-13-21-16-9-7-15(8-10-16)19-17(20)11-6-14-4-2-1-3-5-14/h1-5,7-10H,6,11-13,18H2,(H,19,20). The molecule has 4 heteroatoms. The lowest BCUT2D eigenvalue weighted by Crippen LogP contribution is -2.12. The molecule has 0 aliphatic carbocycles. The predicted octanol–water partition coefficient (Wildman–Crippen LogP) is 2.60. The summed E-state index contributed by atoms with van der Waals surface area (Å²) in [6, 6.07) is 17.3. The lowest BCUT2D eigenvalue weighted by molar-refractivity contribution is -0.116. The van der Waals surface area contributed by atoms with E-state index in [0.29, 0.717) is 19.6 Å². The maximum atomic E-state index is 11.9. The fraction of sp³-hybridized carbons (Fsp3) is 0.235. The fourth-order valence-corrected chi connectivity index (χ4v) is 1.94. The van der Waals surface area contributed by atoms with Gasteiger partial charge in [0, 0.05) is 18.7 Å². The Bertz CT molecular complexity index is 553. The second kappa shape index (κ2) is 8.07. The summed E-state index contributed by atoms with van der Waals surface area (Å²) in [6.45, 7) is 0.973. The topological polar surface area (TPSA) is 64.3 Å². The number of amides is 1. The van der Waals surface area contributed by atoms with Crippen LogP contribution >= 0.6 is 0 Å². The van der Waals surface area contributed by atoms with Crippen molar-refractivity contribution in [1.29, 1.82) is 0 Å². The van der Waals surface area contributed by atoms with Gasteiger partial charge in [-0.15, -0.1) is 0 Å². The molecule has 21 heavy (non-hydrogen) atoms. The molecule has 2 aromatic rings. The van der Waals surface area contributed by atoms with Crippen molar-refractivity contribution in [3.8, 4) is 5.75 Å². The van der Waals surface area contributed by atoms with E-state index >= 15 is 0 Å². The van der Waals surface area contributed by atoms with E-state index in [2.05, 4.69) is 5.32 Å². The van der Waals surface area contributed by atoms with Crippen molar-refractivity contribution < 1.29 is 9.53 Å². The second-order valence-corrected chi connectivity index (χ2v) is 4.70. The first-order chi connectivity index (χ1) is 10.3. The predicted molar refractivity (Wildman–Crippen MR) is 84.4 cm³/mol. The van der Waals surface area contributed by atoms with Crippen molar-refractivity contribution in [3.63, 3.8) is 0 Å². The molecule has 0 aliphatic heterocycles. The van der Waals surface area contributed by atoms with E-state index < -0.39 is 0 Å². The summed E-state index contributed by atoms with van der Waals surface area (Å²) in [5, 5.41) is 2.88. The monoisotopic (exact) mass is 284 g/mol. The van der Waals surface area contributed by atoms with Gasteiger partial charge in [-0.3, -0.25) is 4.79 Å². The lowest BCUT2D eigenvalue weighted by atomic mass is 10.1. The molecule has 3 N–H and O–H groups in total. The zero-order valence-corrected chi connectivity index (χ0v) is 11.9. The van der Waals surface area contributed by atoms with Gasteiger partial charge in [0.15, 0.2) is 0 Å². The number of hydrogen-bond acceptors (Lipinski definition) is 3. The molecule has 4 nitrogen and oxygen atoms in total. The SMILES string of the molecule is NCCOc1ccc(NC(=O)CCc2ccccc2)cc1. The highest BCUT2D eigenvalue weighted by Crippen LogP contribution is 2.16. The van der Waals surface area contributed by atoms with Crippen LogP contribution in [0.25, 0.3) is 0 Å². The number of anilines is 1. The van der Waals surface area contributed by atoms with Crippen LogP contribution in [-0.2, 0) is 11.2 Å². The molecule has 0 atom stereocenters. The number of rotatable bonds is 7. The zero-order valence-electron chi connectivity index (χ0n) is 11.9. The molecule has 2 rings (SSSR count). The fourth-order valence-electron chi connectivity index (χ4n) is 1.94. The Morgan fingerprint density at radius 1 is 1.05 bits per heavy atom. The number of ether oxygens (including phenoxy) is 1. The Hall–Kier alpha value is -2.33. The highest BCUT2D eigenvalue weighted by molar-refractivity contribution is 5.90. The summed E-state index contributed by atoms with van der Waals surface area (Å²) < 4.78 is 5.38. The van der Waals surface area contributed by atoms with Gasteiger partial charge in [-0.2, -0.15) is 0 Å². The van der Waals surface area contributed by atoms with Gasteiger partial charge in [-0.05, 0) is 36.2 Å². The highest BCUT2D eigenvalue weighted by atomic mass is 16.5. The van der Waals surface area contributed by atoms with Crippen LogP contribution in [0.4, 0.5) is 5.69 Å². The second-order valence-electron chi connectivity index (χ2n) is 4.70. The van der Waals surface area contributed by atoms with Crippen molar-refractivity contribution in [2.45, 2.75) is 12.8 Å². The van der Waals surface area contributed by atoms with Gasteiger partial charge >= 0.3 is 0 Å². The minimum Gasteiger partial charge on any atom is -0.492 e. The van der Waals surface area contributed by atoms with E-state index in [1.54, 1.807) is 0 Å². The number of carbonyl (C=O) groups is 1. The van der Waals surface area contributed by atoms with E-state index in [-0.39, 0.29) is 5.91 Å². The third-order valence-electron chi connectivity index (χ3n) is 3.01. The summed E-state index contributed by atoms with van der Waals surface area (Å²) in [5.41, 5.74) is 7.31. The molecule has 0 aliphatic rings. The average Bonchev–Trinajstić information content (AvgIpc) is 2.53. The number of benzene rings is 2. The van der Waals surface area contributed by atoms with Crippen molar-refractivity contribution in [3.05, 3.63) is 60.2 Å². The van der Waals surface area contributed by atoms with E-state index in [0.717, 1.165) is 23.4 Å². The van der Waals surface area contributed by atoms with Crippen LogP contribution in [0.1, 0.15) is 12.0 Å². The van der Waals surface area contributed by atoms with Crippen molar-refractivity contribution in [2.75, 3.05) is 18.5 Å². The Morgan fingerprint density at radius 3 is 2.43 bits per heavy atom. The molecular weight excluding hydrogens is 264 g/mol. The van der Waals surface area contributed by atoms with E-state index in [1.807, 2.05) is 54.6 Å². The molecule has 0 spiro atoms. The van der Waals surface area contributed by atoms with Crippen LogP contribution in [0.2, 0.25) is 0 Å². The van der Waals surface area contributed by atoms with Crippen LogP contribution in [-0.4, -0.2) is 19.1 Å². The van der Waals surface area contributed by atoms with Crippen LogP contribution in [0, 0.1) is 0 Å². The Kier molecular flexibility index (Phi) is 5.79. The molecule has 2 aromatic carbocycles. The van der Waals surface area contributed by atoms with E-state index in [4.69, 9.17) is 10.5 Å². The first-order valence-electron chi connectivity index (χ1n) is 7.04. The van der Waals surface area contributed by atoms with Gasteiger partial charge in [-0.1, -0.05) is 30.3 Å². The molecule has 0 fully saturated rings. The minimum atomic E-state index is 0.00878. The maximum Gasteiger partial charge on any atom is 0.224 e. The Balaban J connectivity index is 1.79. The van der Waals surface area contributed by atoms with Gasteiger partial charge in [0.2, 0.25) is 5.91 Å². The lowest BCUT2D eigenvalue weighted by Gasteiger charge is -2.07. The molecule has 0 saturated carbocycles. The molecule has 0 aromatic heterocycles. The van der Waals surface area contributed by atoms with Crippen molar-refractivity contribution in [2.24, 2.45) is 5.73 Å². The molecule has 110 valence electrons. The average molecular weight is 284 g/mol. The third kappa shape index (κ3) is 5.28. The van der Waals surface area contributed by atoms with Crippen LogP contribution in [0.3, 0.4) is 0 Å². The molecule has 0 bridgehead atoms. The highest BCUT2D eigenvalue weighted by Gasteiger charge is 2.03. The molecule has 0 saturated heterocycles. The van der Waals surface area contributed by atoms with E-state index in [1.165, 1.54) is 0 Å². The van der Waals surface area contributed by atoms with Crippen LogP contribution < -0.4 is 15.8 Å². The zero-order chi connectivity index (χ0) is 14.9. The third-order valence-corrected chi connectivity index (χ3v) is 3.01. The first-order valence-corrected chi connectivity index (χ1v) is 7.04. The van der Waals surface area contributed by atoms with Crippen LogP contribution in [0.15, 0.2) is 54.6 Å². The maximum absolute atomic E-state index is 11.9. The number of nitrogens with two attached hydrogens (primary N) is 1. The van der Waals surface area contributed by atoms with Gasteiger partial charge in [0.25, 0.3) is 0 Å². The van der Waals surface area contributed by atoms with Crippen molar-refractivity contribution >= 4 is 11.6 Å². The summed E-state index contributed by atoms with van der Waals surface area (Å²) in [5.74, 6) is 0.761.